The minimum absolute atomic E-state index is 0.213. The number of amides is 1. The zero-order valence-electron chi connectivity index (χ0n) is 17.5. The van der Waals surface area contributed by atoms with Crippen molar-refractivity contribution in [3.8, 4) is 10.4 Å². The van der Waals surface area contributed by atoms with Gasteiger partial charge in [-0.15, -0.1) is 11.3 Å². The SMILES string of the molecule is CCOC(=O)c1cc(-c2ccccc2)sc1NC(=O)COC(=O)c1cccc(NSC)c1. The lowest BCUT2D eigenvalue weighted by Crippen LogP contribution is -2.21. The maximum Gasteiger partial charge on any atom is 0.341 e. The number of nitrogens with one attached hydrogen (secondary N) is 2. The molecule has 0 unspecified atom stereocenters. The van der Waals surface area contributed by atoms with E-state index in [0.29, 0.717) is 10.6 Å². The van der Waals surface area contributed by atoms with Gasteiger partial charge in [-0.25, -0.2) is 9.59 Å². The Morgan fingerprint density at radius 2 is 1.75 bits per heavy atom. The fourth-order valence-electron chi connectivity index (χ4n) is 2.79. The van der Waals surface area contributed by atoms with E-state index in [0.717, 1.165) is 16.1 Å². The van der Waals surface area contributed by atoms with Crippen molar-refractivity contribution in [3.63, 3.8) is 0 Å². The van der Waals surface area contributed by atoms with E-state index in [-0.39, 0.29) is 12.2 Å². The van der Waals surface area contributed by atoms with Crippen LogP contribution in [0, 0.1) is 0 Å². The molecule has 9 heteroatoms. The molecule has 2 aromatic carbocycles. The Morgan fingerprint density at radius 1 is 0.969 bits per heavy atom. The second-order valence-corrected chi connectivity index (χ2v) is 8.12. The fourth-order valence-corrected chi connectivity index (χ4v) is 4.22. The summed E-state index contributed by atoms with van der Waals surface area (Å²) in [6.07, 6.45) is 1.87. The molecule has 0 aliphatic heterocycles. The van der Waals surface area contributed by atoms with Gasteiger partial charge in [0.15, 0.2) is 6.61 Å². The highest BCUT2D eigenvalue weighted by atomic mass is 32.2. The Kier molecular flexibility index (Phi) is 8.29. The summed E-state index contributed by atoms with van der Waals surface area (Å²) in [5.41, 5.74) is 2.24. The van der Waals surface area contributed by atoms with Crippen LogP contribution in [0.15, 0.2) is 60.7 Å². The summed E-state index contributed by atoms with van der Waals surface area (Å²) in [5.74, 6) is -1.70. The summed E-state index contributed by atoms with van der Waals surface area (Å²) < 4.78 is 13.3. The lowest BCUT2D eigenvalue weighted by Gasteiger charge is -2.08. The van der Waals surface area contributed by atoms with E-state index >= 15 is 0 Å². The van der Waals surface area contributed by atoms with Crippen LogP contribution < -0.4 is 10.0 Å². The molecule has 0 fully saturated rings. The van der Waals surface area contributed by atoms with Crippen LogP contribution in [0.25, 0.3) is 10.4 Å². The average molecular weight is 471 g/mol. The van der Waals surface area contributed by atoms with E-state index in [2.05, 4.69) is 10.0 Å². The number of hydrogen-bond acceptors (Lipinski definition) is 8. The van der Waals surface area contributed by atoms with Crippen molar-refractivity contribution in [2.75, 3.05) is 29.5 Å². The Bertz CT molecular complexity index is 1100. The van der Waals surface area contributed by atoms with Gasteiger partial charge >= 0.3 is 11.9 Å². The van der Waals surface area contributed by atoms with Crippen molar-refractivity contribution in [2.45, 2.75) is 6.92 Å². The third-order valence-corrected chi connectivity index (χ3v) is 5.73. The first-order valence-corrected chi connectivity index (χ1v) is 11.8. The highest BCUT2D eigenvalue weighted by Gasteiger charge is 2.20. The molecule has 0 saturated heterocycles. The van der Waals surface area contributed by atoms with Gasteiger partial charge in [0, 0.05) is 16.8 Å². The van der Waals surface area contributed by atoms with Crippen LogP contribution in [0.1, 0.15) is 27.6 Å². The number of rotatable bonds is 9. The predicted molar refractivity (Wildman–Crippen MR) is 128 cm³/mol. The Hall–Kier alpha value is -3.30. The van der Waals surface area contributed by atoms with E-state index in [1.54, 1.807) is 31.2 Å². The van der Waals surface area contributed by atoms with Gasteiger partial charge in [0.05, 0.1) is 17.7 Å². The van der Waals surface area contributed by atoms with Crippen molar-refractivity contribution >= 4 is 51.8 Å². The van der Waals surface area contributed by atoms with Crippen molar-refractivity contribution in [1.29, 1.82) is 0 Å². The smallest absolute Gasteiger partial charge is 0.341 e. The van der Waals surface area contributed by atoms with Crippen molar-refractivity contribution in [2.24, 2.45) is 0 Å². The summed E-state index contributed by atoms with van der Waals surface area (Å²) >= 11 is 2.65. The number of ether oxygens (including phenoxy) is 2. The first-order valence-electron chi connectivity index (χ1n) is 9.74. The molecular formula is C23H22N2O5S2. The van der Waals surface area contributed by atoms with Crippen molar-refractivity contribution in [3.05, 3.63) is 71.8 Å². The molecule has 7 nitrogen and oxygen atoms in total. The Morgan fingerprint density at radius 3 is 2.47 bits per heavy atom. The third-order valence-electron chi connectivity index (χ3n) is 4.19. The minimum Gasteiger partial charge on any atom is -0.462 e. The van der Waals surface area contributed by atoms with Crippen LogP contribution >= 0.6 is 23.3 Å². The summed E-state index contributed by atoms with van der Waals surface area (Å²) in [5, 5.41) is 3.01. The van der Waals surface area contributed by atoms with Crippen LogP contribution in [-0.2, 0) is 14.3 Å². The molecule has 0 spiro atoms. The second kappa shape index (κ2) is 11.4. The highest BCUT2D eigenvalue weighted by Crippen LogP contribution is 2.36. The molecule has 1 heterocycles. The molecule has 1 amide bonds. The molecule has 0 aliphatic carbocycles. The van der Waals surface area contributed by atoms with Gasteiger partial charge in [-0.05, 0) is 36.8 Å². The molecule has 0 aliphatic rings. The molecule has 0 saturated carbocycles. The maximum atomic E-state index is 12.4. The first kappa shape index (κ1) is 23.4. The molecule has 0 atom stereocenters. The monoisotopic (exact) mass is 470 g/mol. The number of benzene rings is 2. The van der Waals surface area contributed by atoms with Gasteiger partial charge in [0.1, 0.15) is 5.00 Å². The number of hydrogen-bond donors (Lipinski definition) is 2. The number of carbonyl (C=O) groups excluding carboxylic acids is 3. The summed E-state index contributed by atoms with van der Waals surface area (Å²) in [6.45, 7) is 1.44. The lowest BCUT2D eigenvalue weighted by molar-refractivity contribution is -0.119. The summed E-state index contributed by atoms with van der Waals surface area (Å²) in [7, 11) is 0. The van der Waals surface area contributed by atoms with Crippen molar-refractivity contribution < 1.29 is 23.9 Å². The van der Waals surface area contributed by atoms with Gasteiger partial charge in [0.25, 0.3) is 5.91 Å². The van der Waals surface area contributed by atoms with Gasteiger partial charge in [-0.1, -0.05) is 48.3 Å². The van der Waals surface area contributed by atoms with Gasteiger partial charge in [-0.2, -0.15) is 0 Å². The maximum absolute atomic E-state index is 12.4. The molecule has 0 radical (unpaired) electrons. The average Bonchev–Trinajstić information content (AvgIpc) is 3.22. The lowest BCUT2D eigenvalue weighted by atomic mass is 10.1. The Balaban J connectivity index is 1.69. The molecule has 3 aromatic rings. The van der Waals surface area contributed by atoms with Crippen LogP contribution in [0.2, 0.25) is 0 Å². The minimum atomic E-state index is -0.619. The summed E-state index contributed by atoms with van der Waals surface area (Å²) in [6, 6.07) is 18.0. The Labute approximate surface area is 194 Å². The molecule has 2 N–H and O–H groups in total. The van der Waals surface area contributed by atoms with E-state index in [9.17, 15) is 14.4 Å². The first-order chi connectivity index (χ1) is 15.5. The highest BCUT2D eigenvalue weighted by molar-refractivity contribution is 7.99. The topological polar surface area (TPSA) is 93.7 Å². The standard InChI is InChI=1S/C23H22N2O5S2/c1-3-29-23(28)18-13-19(15-8-5-4-6-9-15)32-21(18)24-20(26)14-30-22(27)16-10-7-11-17(12-16)25-31-2/h4-13,25H,3,14H2,1-2H3,(H,24,26). The van der Waals surface area contributed by atoms with Crippen LogP contribution in [0.4, 0.5) is 10.7 Å². The number of thiophene rings is 1. The second-order valence-electron chi connectivity index (χ2n) is 6.45. The van der Waals surface area contributed by atoms with Crippen LogP contribution in [-0.4, -0.2) is 37.3 Å². The van der Waals surface area contributed by atoms with Gasteiger partial charge in [-0.3, -0.25) is 4.79 Å². The van der Waals surface area contributed by atoms with Crippen LogP contribution in [0.5, 0.6) is 0 Å². The number of esters is 2. The van der Waals surface area contributed by atoms with Gasteiger partial charge < -0.3 is 19.5 Å². The number of anilines is 2. The molecule has 1 aromatic heterocycles. The van der Waals surface area contributed by atoms with E-state index in [1.807, 2.05) is 42.7 Å². The third kappa shape index (κ3) is 6.12. The van der Waals surface area contributed by atoms with Crippen LogP contribution in [0.3, 0.4) is 0 Å². The number of carbonyl (C=O) groups is 3. The largest absolute Gasteiger partial charge is 0.462 e. The molecule has 0 bridgehead atoms. The summed E-state index contributed by atoms with van der Waals surface area (Å²) in [4.78, 5) is 37.9. The molecule has 32 heavy (non-hydrogen) atoms. The molecular weight excluding hydrogens is 448 g/mol. The zero-order chi connectivity index (χ0) is 22.9. The fraction of sp³-hybridized carbons (Fsp3) is 0.174. The normalized spacial score (nSPS) is 10.3. The van der Waals surface area contributed by atoms with E-state index < -0.39 is 24.5 Å². The predicted octanol–water partition coefficient (Wildman–Crippen LogP) is 5.08. The zero-order valence-corrected chi connectivity index (χ0v) is 19.2. The van der Waals surface area contributed by atoms with Gasteiger partial charge in [0.2, 0.25) is 0 Å². The van der Waals surface area contributed by atoms with E-state index in [4.69, 9.17) is 9.47 Å². The quantitative estimate of drug-likeness (QED) is 0.333. The molecule has 166 valence electrons. The molecule has 3 rings (SSSR count). The van der Waals surface area contributed by atoms with E-state index in [1.165, 1.54) is 23.3 Å². The van der Waals surface area contributed by atoms with Crippen molar-refractivity contribution in [1.82, 2.24) is 0 Å².